The van der Waals surface area contributed by atoms with E-state index in [1.54, 1.807) is 14.2 Å². The number of nitrogens with zero attached hydrogens (tertiary/aromatic N) is 3. The third-order valence-electron chi connectivity index (χ3n) is 4.53. The second-order valence-electron chi connectivity index (χ2n) is 6.27. The summed E-state index contributed by atoms with van der Waals surface area (Å²) in [5, 5.41) is 12.3. The van der Waals surface area contributed by atoms with E-state index in [-0.39, 0.29) is 5.91 Å². The molecule has 0 saturated heterocycles. The van der Waals surface area contributed by atoms with Crippen LogP contribution in [0.25, 0.3) is 11.4 Å². The lowest BCUT2D eigenvalue weighted by Crippen LogP contribution is -2.33. The molecular formula is C18H24N4O3S. The van der Waals surface area contributed by atoms with E-state index in [4.69, 9.17) is 9.47 Å². The molecule has 0 radical (unpaired) electrons. The zero-order chi connectivity index (χ0) is 18.5. The molecule has 1 aliphatic carbocycles. The van der Waals surface area contributed by atoms with Crippen molar-refractivity contribution in [3.63, 3.8) is 0 Å². The summed E-state index contributed by atoms with van der Waals surface area (Å²) in [5.41, 5.74) is 0.875. The first-order valence-electron chi connectivity index (χ1n) is 8.66. The van der Waals surface area contributed by atoms with Gasteiger partial charge in [-0.05, 0) is 31.0 Å². The average Bonchev–Trinajstić information content (AvgIpc) is 3.29. The molecule has 0 bridgehead atoms. The molecule has 1 aromatic heterocycles. The van der Waals surface area contributed by atoms with E-state index in [2.05, 4.69) is 15.5 Å². The van der Waals surface area contributed by atoms with E-state index in [0.29, 0.717) is 34.3 Å². The Labute approximate surface area is 157 Å². The minimum absolute atomic E-state index is 0.0533. The number of ether oxygens (including phenoxy) is 2. The lowest BCUT2D eigenvalue weighted by molar-refractivity contribution is -0.119. The number of nitrogens with one attached hydrogen (secondary N) is 1. The van der Waals surface area contributed by atoms with Gasteiger partial charge in [0, 0.05) is 18.7 Å². The molecule has 1 aromatic carbocycles. The molecule has 26 heavy (non-hydrogen) atoms. The van der Waals surface area contributed by atoms with Crippen LogP contribution in [0.15, 0.2) is 23.4 Å². The fraction of sp³-hybridized carbons (Fsp3) is 0.500. The lowest BCUT2D eigenvalue weighted by atomic mass is 10.2. The van der Waals surface area contributed by atoms with Crippen molar-refractivity contribution in [2.45, 2.75) is 36.9 Å². The molecule has 1 amide bonds. The van der Waals surface area contributed by atoms with Crippen LogP contribution in [0.1, 0.15) is 25.7 Å². The number of hydrogen-bond acceptors (Lipinski definition) is 6. The van der Waals surface area contributed by atoms with Gasteiger partial charge >= 0.3 is 0 Å². The first-order valence-corrected chi connectivity index (χ1v) is 9.65. The maximum atomic E-state index is 12.1. The molecule has 0 aliphatic heterocycles. The normalized spacial score (nSPS) is 14.4. The van der Waals surface area contributed by atoms with E-state index in [0.717, 1.165) is 18.4 Å². The maximum Gasteiger partial charge on any atom is 0.230 e. The largest absolute Gasteiger partial charge is 0.493 e. The molecule has 8 heteroatoms. The molecule has 1 fully saturated rings. The van der Waals surface area contributed by atoms with Crippen LogP contribution in [0, 0.1) is 0 Å². The molecule has 7 nitrogen and oxygen atoms in total. The highest BCUT2D eigenvalue weighted by Gasteiger charge is 2.18. The first kappa shape index (κ1) is 18.6. The van der Waals surface area contributed by atoms with Crippen LogP contribution in [0.4, 0.5) is 0 Å². The minimum Gasteiger partial charge on any atom is -0.493 e. The van der Waals surface area contributed by atoms with Gasteiger partial charge in [-0.25, -0.2) is 0 Å². The number of methoxy groups -OCH3 is 2. The predicted molar refractivity (Wildman–Crippen MR) is 101 cm³/mol. The fourth-order valence-corrected chi connectivity index (χ4v) is 3.86. The van der Waals surface area contributed by atoms with Crippen molar-refractivity contribution in [3.8, 4) is 22.9 Å². The predicted octanol–water partition coefficient (Wildman–Crippen LogP) is 2.65. The van der Waals surface area contributed by atoms with Crippen LogP contribution in [-0.2, 0) is 11.8 Å². The van der Waals surface area contributed by atoms with Gasteiger partial charge in [-0.15, -0.1) is 10.2 Å². The molecule has 1 saturated carbocycles. The standard InChI is InChI=1S/C18H24N4O3S/c1-22-17(12-8-9-14(24-2)15(10-12)25-3)20-21-18(22)26-11-16(23)19-13-6-4-5-7-13/h8-10,13H,4-7,11H2,1-3H3,(H,19,23). The van der Waals surface area contributed by atoms with E-state index in [9.17, 15) is 4.79 Å². The van der Waals surface area contributed by atoms with Crippen LogP contribution in [-0.4, -0.2) is 46.7 Å². The van der Waals surface area contributed by atoms with E-state index < -0.39 is 0 Å². The van der Waals surface area contributed by atoms with Gasteiger partial charge in [-0.3, -0.25) is 4.79 Å². The lowest BCUT2D eigenvalue weighted by Gasteiger charge is -2.11. The topological polar surface area (TPSA) is 78.3 Å². The third-order valence-corrected chi connectivity index (χ3v) is 5.55. The number of benzene rings is 1. The van der Waals surface area contributed by atoms with Crippen molar-refractivity contribution >= 4 is 17.7 Å². The van der Waals surface area contributed by atoms with Gasteiger partial charge in [-0.1, -0.05) is 24.6 Å². The number of carbonyl (C=O) groups excluding carboxylic acids is 1. The average molecular weight is 376 g/mol. The fourth-order valence-electron chi connectivity index (χ4n) is 3.14. The highest BCUT2D eigenvalue weighted by Crippen LogP contribution is 2.32. The second-order valence-corrected chi connectivity index (χ2v) is 7.22. The van der Waals surface area contributed by atoms with Gasteiger partial charge in [0.25, 0.3) is 0 Å². The van der Waals surface area contributed by atoms with Crippen LogP contribution < -0.4 is 14.8 Å². The van der Waals surface area contributed by atoms with Crippen molar-refractivity contribution < 1.29 is 14.3 Å². The Balaban J connectivity index is 1.66. The van der Waals surface area contributed by atoms with Crippen molar-refractivity contribution in [2.24, 2.45) is 7.05 Å². The molecule has 1 heterocycles. The van der Waals surface area contributed by atoms with Crippen LogP contribution >= 0.6 is 11.8 Å². The maximum absolute atomic E-state index is 12.1. The Morgan fingerprint density at radius 2 is 1.96 bits per heavy atom. The van der Waals surface area contributed by atoms with Crippen molar-refractivity contribution in [1.29, 1.82) is 0 Å². The summed E-state index contributed by atoms with van der Waals surface area (Å²) in [6.45, 7) is 0. The summed E-state index contributed by atoms with van der Waals surface area (Å²) in [4.78, 5) is 12.1. The molecule has 0 unspecified atom stereocenters. The summed E-state index contributed by atoms with van der Waals surface area (Å²) in [5.74, 6) is 2.41. The smallest absolute Gasteiger partial charge is 0.230 e. The molecule has 3 rings (SSSR count). The third kappa shape index (κ3) is 4.12. The summed E-state index contributed by atoms with van der Waals surface area (Å²) >= 11 is 1.39. The summed E-state index contributed by atoms with van der Waals surface area (Å²) in [7, 11) is 5.09. The SMILES string of the molecule is COc1ccc(-c2nnc(SCC(=O)NC3CCCC3)n2C)cc1OC. The van der Waals surface area contributed by atoms with Crippen LogP contribution in [0.3, 0.4) is 0 Å². The quantitative estimate of drug-likeness (QED) is 0.749. The number of rotatable bonds is 7. The molecular weight excluding hydrogens is 352 g/mol. The van der Waals surface area contributed by atoms with Gasteiger partial charge in [0.15, 0.2) is 22.5 Å². The van der Waals surface area contributed by atoms with E-state index in [1.807, 2.05) is 29.8 Å². The van der Waals surface area contributed by atoms with E-state index >= 15 is 0 Å². The van der Waals surface area contributed by atoms with Crippen molar-refractivity contribution in [2.75, 3.05) is 20.0 Å². The number of aromatic nitrogens is 3. The Bertz CT molecular complexity index is 772. The highest BCUT2D eigenvalue weighted by molar-refractivity contribution is 7.99. The van der Waals surface area contributed by atoms with Crippen LogP contribution in [0.2, 0.25) is 0 Å². The van der Waals surface area contributed by atoms with Crippen LogP contribution in [0.5, 0.6) is 11.5 Å². The Kier molecular flexibility index (Phi) is 6.03. The molecule has 1 aliphatic rings. The monoisotopic (exact) mass is 376 g/mol. The number of hydrogen-bond donors (Lipinski definition) is 1. The van der Waals surface area contributed by atoms with Crippen molar-refractivity contribution in [3.05, 3.63) is 18.2 Å². The van der Waals surface area contributed by atoms with E-state index in [1.165, 1.54) is 24.6 Å². The Morgan fingerprint density at radius 3 is 2.65 bits per heavy atom. The molecule has 0 spiro atoms. The second kappa shape index (κ2) is 8.44. The zero-order valence-electron chi connectivity index (χ0n) is 15.3. The first-order chi connectivity index (χ1) is 12.6. The number of carbonyl (C=O) groups is 1. The zero-order valence-corrected chi connectivity index (χ0v) is 16.1. The Morgan fingerprint density at radius 1 is 1.23 bits per heavy atom. The van der Waals surface area contributed by atoms with Crippen molar-refractivity contribution in [1.82, 2.24) is 20.1 Å². The molecule has 140 valence electrons. The Hall–Kier alpha value is -2.22. The van der Waals surface area contributed by atoms with Gasteiger partial charge in [-0.2, -0.15) is 0 Å². The van der Waals surface area contributed by atoms with Gasteiger partial charge in [0.2, 0.25) is 5.91 Å². The molecule has 0 atom stereocenters. The summed E-state index contributed by atoms with van der Waals surface area (Å²) < 4.78 is 12.5. The molecule has 1 N–H and O–H groups in total. The number of amides is 1. The minimum atomic E-state index is 0.0533. The van der Waals surface area contributed by atoms with Gasteiger partial charge < -0.3 is 19.4 Å². The molecule has 2 aromatic rings. The summed E-state index contributed by atoms with van der Waals surface area (Å²) in [6.07, 6.45) is 4.58. The highest BCUT2D eigenvalue weighted by atomic mass is 32.2. The number of thioether (sulfide) groups is 1. The van der Waals surface area contributed by atoms with Gasteiger partial charge in [0.05, 0.1) is 20.0 Å². The summed E-state index contributed by atoms with van der Waals surface area (Å²) in [6, 6.07) is 5.95. The van der Waals surface area contributed by atoms with Gasteiger partial charge in [0.1, 0.15) is 0 Å².